The fraction of sp³-hybridized carbons (Fsp3) is 0.500. The van der Waals surface area contributed by atoms with Gasteiger partial charge in [-0.25, -0.2) is 0 Å². The highest BCUT2D eigenvalue weighted by atomic mass is 35.5. The first-order valence-corrected chi connectivity index (χ1v) is 6.04. The molecule has 1 heterocycles. The summed E-state index contributed by atoms with van der Waals surface area (Å²) >= 11 is 7.05. The summed E-state index contributed by atoms with van der Waals surface area (Å²) in [6.45, 7) is 1.70. The lowest BCUT2D eigenvalue weighted by atomic mass is 10.1. The van der Waals surface area contributed by atoms with Crippen molar-refractivity contribution < 1.29 is 9.90 Å². The van der Waals surface area contributed by atoms with Gasteiger partial charge < -0.3 is 10.4 Å². The maximum Gasteiger partial charge on any atom is 0.261 e. The quantitative estimate of drug-likeness (QED) is 0.856. The van der Waals surface area contributed by atoms with Gasteiger partial charge in [0, 0.05) is 5.38 Å². The van der Waals surface area contributed by atoms with E-state index in [4.69, 9.17) is 11.6 Å². The lowest BCUT2D eigenvalue weighted by molar-refractivity contribution is 0.0835. The second-order valence-corrected chi connectivity index (χ2v) is 5.26. The zero-order valence-corrected chi connectivity index (χ0v) is 9.86. The molecule has 3 nitrogen and oxygen atoms in total. The van der Waals surface area contributed by atoms with E-state index in [1.165, 1.54) is 11.3 Å². The highest BCUT2D eigenvalue weighted by Crippen LogP contribution is 2.39. The Bertz CT molecular complexity index is 385. The predicted molar refractivity (Wildman–Crippen MR) is 60.4 cm³/mol. The van der Waals surface area contributed by atoms with Crippen molar-refractivity contribution in [1.29, 1.82) is 0 Å². The standard InChI is InChI=1S/C10H12ClNO2S/c1-6(13)10(2-3-10)12-9(14)8-4-7(11)5-15-8/h4-6,13H,2-3H2,1H3,(H,12,14). The first-order valence-electron chi connectivity index (χ1n) is 4.78. The van der Waals surface area contributed by atoms with Gasteiger partial charge in [-0.1, -0.05) is 11.6 Å². The Balaban J connectivity index is 2.04. The number of thiophene rings is 1. The summed E-state index contributed by atoms with van der Waals surface area (Å²) in [4.78, 5) is 12.3. The zero-order chi connectivity index (χ0) is 11.1. The van der Waals surface area contributed by atoms with Gasteiger partial charge in [-0.3, -0.25) is 4.79 Å². The number of hydrogen-bond acceptors (Lipinski definition) is 3. The maximum absolute atomic E-state index is 11.7. The van der Waals surface area contributed by atoms with Crippen LogP contribution in [0.15, 0.2) is 11.4 Å². The smallest absolute Gasteiger partial charge is 0.261 e. The molecule has 1 amide bonds. The highest BCUT2D eigenvalue weighted by molar-refractivity contribution is 7.12. The molecule has 1 aliphatic rings. The van der Waals surface area contributed by atoms with E-state index in [1.54, 1.807) is 18.4 Å². The summed E-state index contributed by atoms with van der Waals surface area (Å²) in [6.07, 6.45) is 1.18. The molecule has 1 aromatic rings. The minimum atomic E-state index is -0.503. The van der Waals surface area contributed by atoms with Crippen LogP contribution in [0.3, 0.4) is 0 Å². The summed E-state index contributed by atoms with van der Waals surface area (Å²) in [5, 5.41) is 14.7. The molecular formula is C10H12ClNO2S. The van der Waals surface area contributed by atoms with Crippen LogP contribution in [0, 0.1) is 0 Å². The number of carbonyl (C=O) groups is 1. The second-order valence-electron chi connectivity index (χ2n) is 3.92. The molecule has 2 rings (SSSR count). The van der Waals surface area contributed by atoms with E-state index in [-0.39, 0.29) is 5.91 Å². The number of nitrogens with one attached hydrogen (secondary N) is 1. The zero-order valence-electron chi connectivity index (χ0n) is 8.29. The van der Waals surface area contributed by atoms with E-state index in [0.717, 1.165) is 12.8 Å². The van der Waals surface area contributed by atoms with E-state index in [2.05, 4.69) is 5.32 Å². The van der Waals surface area contributed by atoms with Gasteiger partial charge in [0.25, 0.3) is 5.91 Å². The van der Waals surface area contributed by atoms with E-state index < -0.39 is 11.6 Å². The second kappa shape index (κ2) is 3.77. The number of carbonyl (C=O) groups excluding carboxylic acids is 1. The lowest BCUT2D eigenvalue weighted by Gasteiger charge is -2.19. The highest BCUT2D eigenvalue weighted by Gasteiger charge is 2.48. The normalized spacial score (nSPS) is 19.7. The number of halogens is 1. The molecule has 15 heavy (non-hydrogen) atoms. The molecular weight excluding hydrogens is 234 g/mol. The molecule has 0 saturated heterocycles. The average Bonchev–Trinajstić information content (AvgIpc) is 2.82. The molecule has 1 saturated carbocycles. The Morgan fingerprint density at radius 2 is 2.40 bits per heavy atom. The number of amides is 1. The summed E-state index contributed by atoms with van der Waals surface area (Å²) < 4.78 is 0. The summed E-state index contributed by atoms with van der Waals surface area (Å²) in [5.74, 6) is -0.148. The van der Waals surface area contributed by atoms with Crippen molar-refractivity contribution in [1.82, 2.24) is 5.32 Å². The molecule has 1 aromatic heterocycles. The van der Waals surface area contributed by atoms with Gasteiger partial charge in [0.1, 0.15) is 0 Å². The number of rotatable bonds is 3. The minimum absolute atomic E-state index is 0.148. The third kappa shape index (κ3) is 2.17. The molecule has 0 bridgehead atoms. The van der Waals surface area contributed by atoms with Crippen LogP contribution in [0.4, 0.5) is 0 Å². The fourth-order valence-electron chi connectivity index (χ4n) is 1.50. The molecule has 0 aliphatic heterocycles. The van der Waals surface area contributed by atoms with Crippen LogP contribution in [0.25, 0.3) is 0 Å². The first kappa shape index (κ1) is 10.9. The molecule has 1 aliphatic carbocycles. The van der Waals surface area contributed by atoms with Crippen LogP contribution < -0.4 is 5.32 Å². The van der Waals surface area contributed by atoms with Gasteiger partial charge in [0.05, 0.1) is 21.5 Å². The minimum Gasteiger partial charge on any atom is -0.391 e. The van der Waals surface area contributed by atoms with Crippen LogP contribution in [-0.2, 0) is 0 Å². The number of hydrogen-bond donors (Lipinski definition) is 2. The van der Waals surface area contributed by atoms with E-state index in [1.807, 2.05) is 0 Å². The van der Waals surface area contributed by atoms with Crippen molar-refractivity contribution in [3.05, 3.63) is 21.3 Å². The molecule has 5 heteroatoms. The topological polar surface area (TPSA) is 49.3 Å². The van der Waals surface area contributed by atoms with Crippen LogP contribution in [0.2, 0.25) is 5.02 Å². The van der Waals surface area contributed by atoms with E-state index in [9.17, 15) is 9.90 Å². The van der Waals surface area contributed by atoms with Crippen LogP contribution >= 0.6 is 22.9 Å². The van der Waals surface area contributed by atoms with Gasteiger partial charge in [-0.15, -0.1) is 11.3 Å². The number of aliphatic hydroxyl groups excluding tert-OH is 1. The van der Waals surface area contributed by atoms with Crippen LogP contribution in [0.1, 0.15) is 29.4 Å². The molecule has 0 spiro atoms. The van der Waals surface area contributed by atoms with Gasteiger partial charge in [0.15, 0.2) is 0 Å². The van der Waals surface area contributed by atoms with E-state index in [0.29, 0.717) is 9.90 Å². The monoisotopic (exact) mass is 245 g/mol. The third-order valence-corrected chi connectivity index (χ3v) is 4.02. The Kier molecular flexibility index (Phi) is 2.75. The number of aliphatic hydroxyl groups is 1. The molecule has 82 valence electrons. The molecule has 0 aromatic carbocycles. The maximum atomic E-state index is 11.7. The molecule has 1 atom stereocenters. The summed E-state index contributed by atoms with van der Waals surface area (Å²) in [6, 6.07) is 1.64. The molecule has 1 fully saturated rings. The van der Waals surface area contributed by atoms with Crippen molar-refractivity contribution in [2.45, 2.75) is 31.4 Å². The third-order valence-electron chi connectivity index (χ3n) is 2.74. The Morgan fingerprint density at radius 1 is 1.73 bits per heavy atom. The van der Waals surface area contributed by atoms with Crippen LogP contribution in [0.5, 0.6) is 0 Å². The Labute approximate surface area is 97.1 Å². The summed E-state index contributed by atoms with van der Waals surface area (Å²) in [7, 11) is 0. The van der Waals surface area contributed by atoms with E-state index >= 15 is 0 Å². The van der Waals surface area contributed by atoms with Crippen molar-refractivity contribution in [2.24, 2.45) is 0 Å². The van der Waals surface area contributed by atoms with Crippen LogP contribution in [-0.4, -0.2) is 22.7 Å². The fourth-order valence-corrected chi connectivity index (χ4v) is 2.47. The molecule has 1 unspecified atom stereocenters. The van der Waals surface area contributed by atoms with Crippen molar-refractivity contribution in [3.8, 4) is 0 Å². The van der Waals surface area contributed by atoms with Gasteiger partial charge in [-0.2, -0.15) is 0 Å². The predicted octanol–water partition coefficient (Wildman–Crippen LogP) is 2.04. The first-order chi connectivity index (χ1) is 7.03. The average molecular weight is 246 g/mol. The largest absolute Gasteiger partial charge is 0.391 e. The van der Waals surface area contributed by atoms with Crippen molar-refractivity contribution >= 4 is 28.8 Å². The Hall–Kier alpha value is -0.580. The van der Waals surface area contributed by atoms with Gasteiger partial charge in [0.2, 0.25) is 0 Å². The van der Waals surface area contributed by atoms with Crippen molar-refractivity contribution in [3.63, 3.8) is 0 Å². The summed E-state index contributed by atoms with van der Waals surface area (Å²) in [5.41, 5.74) is -0.395. The molecule has 0 radical (unpaired) electrons. The molecule has 2 N–H and O–H groups in total. The van der Waals surface area contributed by atoms with Crippen molar-refractivity contribution in [2.75, 3.05) is 0 Å². The van der Waals surface area contributed by atoms with Gasteiger partial charge >= 0.3 is 0 Å². The Morgan fingerprint density at radius 3 is 2.80 bits per heavy atom. The SMILES string of the molecule is CC(O)C1(NC(=O)c2cc(Cl)cs2)CC1. The lowest BCUT2D eigenvalue weighted by Crippen LogP contribution is -2.44. The van der Waals surface area contributed by atoms with Gasteiger partial charge in [-0.05, 0) is 25.8 Å².